The smallest absolute Gasteiger partial charge is 1.00 e. The van der Waals surface area contributed by atoms with E-state index >= 15 is 0 Å². The van der Waals surface area contributed by atoms with Crippen molar-refractivity contribution < 1.29 is 7.96 Å². The summed E-state index contributed by atoms with van der Waals surface area (Å²) in [4.78, 5) is 0. The minimum Gasteiger partial charge on any atom is -1.00 e. The SMILES string of the molecule is CC(C)(C)CO.[Ca+2].[H-].[H-]. The molecule has 0 radical (unpaired) electrons. The molecule has 0 aromatic carbocycles. The Kier molecular flexibility index (Phi) is 6.54. The maximum atomic E-state index is 8.40. The van der Waals surface area contributed by atoms with E-state index in [9.17, 15) is 0 Å². The van der Waals surface area contributed by atoms with Gasteiger partial charge in [-0.1, -0.05) is 20.8 Å². The molecule has 0 aliphatic rings. The van der Waals surface area contributed by atoms with E-state index < -0.39 is 0 Å². The Bertz CT molecular complexity index is 44.7. The molecule has 42 valence electrons. The summed E-state index contributed by atoms with van der Waals surface area (Å²) in [5, 5.41) is 8.40. The molecule has 0 heterocycles. The summed E-state index contributed by atoms with van der Waals surface area (Å²) in [7, 11) is 0. The molecule has 0 rings (SSSR count). The normalized spacial score (nSPS) is 10.3. The third-order valence-electron chi connectivity index (χ3n) is 0.474. The van der Waals surface area contributed by atoms with Crippen LogP contribution >= 0.6 is 0 Å². The van der Waals surface area contributed by atoms with Crippen molar-refractivity contribution in [3.05, 3.63) is 0 Å². The molecule has 0 aromatic rings. The monoisotopic (exact) mass is 130 g/mol. The Morgan fingerprint density at radius 3 is 1.57 bits per heavy atom. The van der Waals surface area contributed by atoms with E-state index in [1.54, 1.807) is 0 Å². The molecule has 0 spiro atoms. The van der Waals surface area contributed by atoms with Crippen molar-refractivity contribution in [2.24, 2.45) is 5.41 Å². The summed E-state index contributed by atoms with van der Waals surface area (Å²) in [5.41, 5.74) is 0.0972. The van der Waals surface area contributed by atoms with E-state index in [1.165, 1.54) is 0 Å². The summed E-state index contributed by atoms with van der Waals surface area (Å²) in [6.45, 7) is 6.25. The number of rotatable bonds is 0. The van der Waals surface area contributed by atoms with Gasteiger partial charge in [-0.2, -0.15) is 0 Å². The topological polar surface area (TPSA) is 20.2 Å². The zero-order chi connectivity index (χ0) is 5.21. The molecule has 0 saturated carbocycles. The minimum atomic E-state index is 0. The summed E-state index contributed by atoms with van der Waals surface area (Å²) in [5.74, 6) is 0. The zero-order valence-electron chi connectivity index (χ0n) is 7.36. The molecule has 7 heavy (non-hydrogen) atoms. The van der Waals surface area contributed by atoms with Gasteiger partial charge in [-0.25, -0.2) is 0 Å². The number of aliphatic hydroxyl groups excluding tert-OH is 1. The van der Waals surface area contributed by atoms with E-state index in [0.29, 0.717) is 0 Å². The van der Waals surface area contributed by atoms with Crippen LogP contribution in [0.2, 0.25) is 0 Å². The molecule has 0 amide bonds. The predicted molar refractivity (Wildman–Crippen MR) is 34.5 cm³/mol. The van der Waals surface area contributed by atoms with Crippen molar-refractivity contribution in [2.75, 3.05) is 6.61 Å². The van der Waals surface area contributed by atoms with Gasteiger partial charge >= 0.3 is 37.7 Å². The van der Waals surface area contributed by atoms with Gasteiger partial charge in [0.1, 0.15) is 0 Å². The van der Waals surface area contributed by atoms with Crippen LogP contribution in [-0.4, -0.2) is 49.5 Å². The maximum absolute atomic E-state index is 8.40. The molecular weight excluding hydrogens is 116 g/mol. The Balaban J connectivity index is -0.0000000417. The third kappa shape index (κ3) is 11.0. The van der Waals surface area contributed by atoms with Gasteiger partial charge in [0.25, 0.3) is 0 Å². The second-order valence-electron chi connectivity index (χ2n) is 2.72. The number of hydrogen-bond donors (Lipinski definition) is 1. The first-order valence-corrected chi connectivity index (χ1v) is 2.17. The van der Waals surface area contributed by atoms with Crippen molar-refractivity contribution in [2.45, 2.75) is 20.8 Å². The van der Waals surface area contributed by atoms with Crippen LogP contribution in [0.3, 0.4) is 0 Å². The van der Waals surface area contributed by atoms with Gasteiger partial charge in [-0.15, -0.1) is 0 Å². The van der Waals surface area contributed by atoms with Gasteiger partial charge in [-0.3, -0.25) is 0 Å². The summed E-state index contributed by atoms with van der Waals surface area (Å²) >= 11 is 0. The largest absolute Gasteiger partial charge is 2.00 e. The average Bonchev–Trinajstić information content (AvgIpc) is 1.35. The van der Waals surface area contributed by atoms with Gasteiger partial charge < -0.3 is 7.96 Å². The molecule has 1 nitrogen and oxygen atoms in total. The van der Waals surface area contributed by atoms with Gasteiger partial charge in [0, 0.05) is 6.61 Å². The molecular formula is C5H14CaO. The summed E-state index contributed by atoms with van der Waals surface area (Å²) < 4.78 is 0. The van der Waals surface area contributed by atoms with Crippen LogP contribution in [0.15, 0.2) is 0 Å². The van der Waals surface area contributed by atoms with Crippen LogP contribution in [0.5, 0.6) is 0 Å². The van der Waals surface area contributed by atoms with Crippen molar-refractivity contribution in [1.82, 2.24) is 0 Å². The first kappa shape index (κ1) is 11.1. The fourth-order valence-corrected chi connectivity index (χ4v) is 0. The average molecular weight is 130 g/mol. The van der Waals surface area contributed by atoms with Crippen LogP contribution in [0.1, 0.15) is 23.6 Å². The van der Waals surface area contributed by atoms with Crippen LogP contribution < -0.4 is 0 Å². The number of hydrogen-bond acceptors (Lipinski definition) is 1. The maximum Gasteiger partial charge on any atom is 2.00 e. The van der Waals surface area contributed by atoms with Gasteiger partial charge in [0.15, 0.2) is 0 Å². The van der Waals surface area contributed by atoms with Crippen molar-refractivity contribution >= 4 is 37.7 Å². The van der Waals surface area contributed by atoms with E-state index in [-0.39, 0.29) is 52.6 Å². The quantitative estimate of drug-likeness (QED) is 0.482. The first-order valence-electron chi connectivity index (χ1n) is 2.17. The summed E-state index contributed by atoms with van der Waals surface area (Å²) in [6, 6.07) is 0. The molecule has 0 aliphatic heterocycles. The van der Waals surface area contributed by atoms with Crippen LogP contribution in [-0.2, 0) is 0 Å². The van der Waals surface area contributed by atoms with Crippen LogP contribution in [0.4, 0.5) is 0 Å². The second kappa shape index (κ2) is 4.13. The van der Waals surface area contributed by atoms with E-state index in [4.69, 9.17) is 5.11 Å². The Morgan fingerprint density at radius 2 is 1.57 bits per heavy atom. The van der Waals surface area contributed by atoms with Crippen molar-refractivity contribution in [1.29, 1.82) is 0 Å². The molecule has 0 fully saturated rings. The van der Waals surface area contributed by atoms with E-state index in [0.717, 1.165) is 0 Å². The molecule has 1 N–H and O–H groups in total. The Labute approximate surface area is 78.1 Å². The van der Waals surface area contributed by atoms with E-state index in [1.807, 2.05) is 20.8 Å². The zero-order valence-corrected chi connectivity index (χ0v) is 7.57. The van der Waals surface area contributed by atoms with E-state index in [2.05, 4.69) is 0 Å². The Hall–Kier alpha value is 1.22. The summed E-state index contributed by atoms with van der Waals surface area (Å²) in [6.07, 6.45) is 0. The predicted octanol–water partition coefficient (Wildman–Crippen LogP) is 0.869. The van der Waals surface area contributed by atoms with Gasteiger partial charge in [0.2, 0.25) is 0 Å². The molecule has 2 heteroatoms. The van der Waals surface area contributed by atoms with Gasteiger partial charge in [0.05, 0.1) is 0 Å². The second-order valence-corrected chi connectivity index (χ2v) is 2.72. The molecule has 0 saturated heterocycles. The fraction of sp³-hybridized carbons (Fsp3) is 1.00. The molecule has 0 atom stereocenters. The Morgan fingerprint density at radius 1 is 1.43 bits per heavy atom. The fourth-order valence-electron chi connectivity index (χ4n) is 0. The standard InChI is InChI=1S/C5H12O.Ca.2H/c1-5(2,3)4-6;;;/h6H,4H2,1-3H3;;;/q;+2;2*-1. The molecule has 0 bridgehead atoms. The van der Waals surface area contributed by atoms with Crippen molar-refractivity contribution in [3.8, 4) is 0 Å². The van der Waals surface area contributed by atoms with Crippen LogP contribution in [0.25, 0.3) is 0 Å². The number of aliphatic hydroxyl groups is 1. The molecule has 0 unspecified atom stereocenters. The first-order chi connectivity index (χ1) is 2.56. The van der Waals surface area contributed by atoms with Gasteiger partial charge in [-0.05, 0) is 5.41 Å². The molecule has 0 aromatic heterocycles. The van der Waals surface area contributed by atoms with Crippen LogP contribution in [0, 0.1) is 5.41 Å². The third-order valence-corrected chi connectivity index (χ3v) is 0.474. The minimum absolute atomic E-state index is 0. The molecule has 0 aliphatic carbocycles. The van der Waals surface area contributed by atoms with Crippen molar-refractivity contribution in [3.63, 3.8) is 0 Å².